The lowest BCUT2D eigenvalue weighted by molar-refractivity contribution is -0.892. The number of hydrogen-bond acceptors (Lipinski definition) is 5. The number of piperazine rings is 1. The average molecular weight is 409 g/mol. The van der Waals surface area contributed by atoms with Gasteiger partial charge in [-0.1, -0.05) is 42.0 Å². The van der Waals surface area contributed by atoms with E-state index in [9.17, 15) is 4.79 Å². The number of rotatable bonds is 6. The fourth-order valence-electron chi connectivity index (χ4n) is 3.58. The molecule has 0 spiro atoms. The van der Waals surface area contributed by atoms with Crippen molar-refractivity contribution in [3.8, 4) is 17.0 Å². The summed E-state index contributed by atoms with van der Waals surface area (Å²) in [6.45, 7) is 6.33. The van der Waals surface area contributed by atoms with E-state index in [1.54, 1.807) is 18.4 Å². The third-order valence-corrected chi connectivity index (χ3v) is 6.28. The van der Waals surface area contributed by atoms with Gasteiger partial charge in [0.15, 0.2) is 5.13 Å². The van der Waals surface area contributed by atoms with Crippen molar-refractivity contribution in [3.05, 3.63) is 65.0 Å². The van der Waals surface area contributed by atoms with Gasteiger partial charge in [0.25, 0.3) is 0 Å². The van der Waals surface area contributed by atoms with Crippen molar-refractivity contribution in [1.29, 1.82) is 0 Å². The molecule has 2 aromatic carbocycles. The molecule has 2 heterocycles. The number of aryl methyl sites for hydroxylation is 1. The molecule has 0 atom stereocenters. The molecule has 150 valence electrons. The normalized spacial score (nSPS) is 14.8. The fourth-order valence-corrected chi connectivity index (χ4v) is 4.47. The van der Waals surface area contributed by atoms with Crippen LogP contribution in [0.5, 0.6) is 5.75 Å². The van der Waals surface area contributed by atoms with Gasteiger partial charge in [0.05, 0.1) is 39.0 Å². The number of quaternary nitrogens is 1. The second-order valence-electron chi connectivity index (χ2n) is 7.45. The number of aromatic nitrogens is 1. The summed E-state index contributed by atoms with van der Waals surface area (Å²) in [6, 6.07) is 15.9. The Morgan fingerprint density at radius 1 is 1.17 bits per heavy atom. The predicted octanol–water partition coefficient (Wildman–Crippen LogP) is 2.71. The Balaban J connectivity index is 1.34. The summed E-state index contributed by atoms with van der Waals surface area (Å²) >= 11 is 1.68. The standard InChI is InChI=1S/C23H25N3O2S/c1-17-6-8-18(9-7-17)22(27)15-25-10-12-26(13-11-25)23-24-21(16-29-23)19-4-3-5-20(14-19)28-2/h3-9,14,16H,10-13,15H2,1-2H3/p+1. The van der Waals surface area contributed by atoms with Crippen LogP contribution in [0.15, 0.2) is 53.9 Å². The number of nitrogens with zero attached hydrogens (tertiary/aromatic N) is 2. The van der Waals surface area contributed by atoms with Gasteiger partial charge >= 0.3 is 0 Å². The van der Waals surface area contributed by atoms with E-state index in [0.29, 0.717) is 6.54 Å². The van der Waals surface area contributed by atoms with Gasteiger partial charge in [-0.2, -0.15) is 0 Å². The molecule has 0 bridgehead atoms. The van der Waals surface area contributed by atoms with Crippen molar-refractivity contribution in [3.63, 3.8) is 0 Å². The number of methoxy groups -OCH3 is 1. The molecule has 1 N–H and O–H groups in total. The molecule has 1 fully saturated rings. The molecule has 0 radical (unpaired) electrons. The number of anilines is 1. The highest BCUT2D eigenvalue weighted by Gasteiger charge is 2.24. The molecule has 1 aliphatic rings. The molecule has 29 heavy (non-hydrogen) atoms. The molecule has 0 unspecified atom stereocenters. The zero-order chi connectivity index (χ0) is 20.2. The molecule has 3 aromatic rings. The minimum absolute atomic E-state index is 0.225. The van der Waals surface area contributed by atoms with E-state index in [1.165, 1.54) is 10.5 Å². The van der Waals surface area contributed by atoms with Crippen LogP contribution in [-0.4, -0.2) is 50.6 Å². The molecule has 5 nitrogen and oxygen atoms in total. The van der Waals surface area contributed by atoms with Gasteiger partial charge in [0.1, 0.15) is 12.3 Å². The number of benzene rings is 2. The van der Waals surface area contributed by atoms with Crippen LogP contribution in [0.4, 0.5) is 5.13 Å². The third-order valence-electron chi connectivity index (χ3n) is 5.38. The highest BCUT2D eigenvalue weighted by atomic mass is 32.1. The highest BCUT2D eigenvalue weighted by molar-refractivity contribution is 7.14. The molecule has 6 heteroatoms. The summed E-state index contributed by atoms with van der Waals surface area (Å²) in [4.78, 5) is 21.0. The summed E-state index contributed by atoms with van der Waals surface area (Å²) in [5.74, 6) is 1.07. The predicted molar refractivity (Wildman–Crippen MR) is 117 cm³/mol. The number of Topliss-reactive ketones (excluding diaryl/α,β-unsaturated/α-hetero) is 1. The Morgan fingerprint density at radius 2 is 1.93 bits per heavy atom. The number of ketones is 1. The fraction of sp³-hybridized carbons (Fsp3) is 0.304. The van der Waals surface area contributed by atoms with Crippen LogP contribution in [0.2, 0.25) is 0 Å². The van der Waals surface area contributed by atoms with Gasteiger partial charge in [-0.3, -0.25) is 4.79 Å². The summed E-state index contributed by atoms with van der Waals surface area (Å²) in [6.07, 6.45) is 0. The Bertz CT molecular complexity index is 976. The minimum Gasteiger partial charge on any atom is -0.497 e. The van der Waals surface area contributed by atoms with Crippen molar-refractivity contribution in [1.82, 2.24) is 4.98 Å². The Morgan fingerprint density at radius 3 is 2.66 bits per heavy atom. The molecule has 4 rings (SSSR count). The first-order valence-electron chi connectivity index (χ1n) is 9.91. The van der Waals surface area contributed by atoms with Crippen molar-refractivity contribution in [2.75, 3.05) is 44.7 Å². The summed E-state index contributed by atoms with van der Waals surface area (Å²) < 4.78 is 5.32. The lowest BCUT2D eigenvalue weighted by Crippen LogP contribution is -3.15. The number of carbonyl (C=O) groups is 1. The van der Waals surface area contributed by atoms with Crippen molar-refractivity contribution < 1.29 is 14.4 Å². The maximum absolute atomic E-state index is 12.5. The van der Waals surface area contributed by atoms with E-state index < -0.39 is 0 Å². The number of nitrogens with one attached hydrogen (secondary N) is 1. The zero-order valence-electron chi connectivity index (χ0n) is 16.9. The van der Waals surface area contributed by atoms with Crippen LogP contribution in [0.3, 0.4) is 0 Å². The van der Waals surface area contributed by atoms with Gasteiger partial charge in [-0.05, 0) is 19.1 Å². The Hall–Kier alpha value is -2.70. The molecule has 1 saturated heterocycles. The molecular formula is C23H26N3O2S+. The van der Waals surface area contributed by atoms with E-state index in [4.69, 9.17) is 9.72 Å². The van der Waals surface area contributed by atoms with E-state index in [-0.39, 0.29) is 5.78 Å². The molecule has 0 saturated carbocycles. The van der Waals surface area contributed by atoms with Gasteiger partial charge < -0.3 is 14.5 Å². The lowest BCUT2D eigenvalue weighted by atomic mass is 10.1. The number of ether oxygens (including phenoxy) is 1. The van der Waals surface area contributed by atoms with Gasteiger partial charge in [-0.25, -0.2) is 4.98 Å². The van der Waals surface area contributed by atoms with Crippen LogP contribution in [0.1, 0.15) is 15.9 Å². The Kier molecular flexibility index (Phi) is 5.92. The maximum Gasteiger partial charge on any atom is 0.216 e. The molecule has 1 aromatic heterocycles. The van der Waals surface area contributed by atoms with Crippen molar-refractivity contribution >= 4 is 22.3 Å². The van der Waals surface area contributed by atoms with Crippen LogP contribution in [0.25, 0.3) is 11.3 Å². The second kappa shape index (κ2) is 8.76. The third kappa shape index (κ3) is 4.66. The van der Waals surface area contributed by atoms with E-state index in [0.717, 1.165) is 53.9 Å². The van der Waals surface area contributed by atoms with Crippen LogP contribution >= 0.6 is 11.3 Å². The number of thiazole rings is 1. The van der Waals surface area contributed by atoms with Gasteiger partial charge in [0.2, 0.25) is 5.78 Å². The average Bonchev–Trinajstić information content (AvgIpc) is 3.25. The smallest absolute Gasteiger partial charge is 0.216 e. The Labute approximate surface area is 175 Å². The number of hydrogen-bond donors (Lipinski definition) is 1. The quantitative estimate of drug-likeness (QED) is 0.637. The van der Waals surface area contributed by atoms with Gasteiger partial charge in [0, 0.05) is 16.5 Å². The van der Waals surface area contributed by atoms with Gasteiger partial charge in [-0.15, -0.1) is 11.3 Å². The highest BCUT2D eigenvalue weighted by Crippen LogP contribution is 2.29. The van der Waals surface area contributed by atoms with Crippen LogP contribution < -0.4 is 14.5 Å². The van der Waals surface area contributed by atoms with E-state index >= 15 is 0 Å². The van der Waals surface area contributed by atoms with Crippen LogP contribution in [0, 0.1) is 6.92 Å². The number of carbonyl (C=O) groups excluding carboxylic acids is 1. The molecule has 0 aliphatic carbocycles. The lowest BCUT2D eigenvalue weighted by Gasteiger charge is -2.31. The summed E-state index contributed by atoms with van der Waals surface area (Å²) in [5, 5.41) is 3.15. The van der Waals surface area contributed by atoms with Crippen molar-refractivity contribution in [2.45, 2.75) is 6.92 Å². The summed E-state index contributed by atoms with van der Waals surface area (Å²) in [5.41, 5.74) is 4.04. The van der Waals surface area contributed by atoms with E-state index in [2.05, 4.69) is 16.3 Å². The SMILES string of the molecule is COc1cccc(-c2csc(N3CC[NH+](CC(=O)c4ccc(C)cc4)CC3)n2)c1. The second-order valence-corrected chi connectivity index (χ2v) is 8.29. The van der Waals surface area contributed by atoms with Crippen molar-refractivity contribution in [2.24, 2.45) is 0 Å². The first kappa shape index (κ1) is 19.6. The molecule has 1 aliphatic heterocycles. The summed E-state index contributed by atoms with van der Waals surface area (Å²) in [7, 11) is 1.68. The molecular weight excluding hydrogens is 382 g/mol. The molecule has 0 amide bonds. The maximum atomic E-state index is 12.5. The topological polar surface area (TPSA) is 46.9 Å². The first-order valence-corrected chi connectivity index (χ1v) is 10.8. The van der Waals surface area contributed by atoms with E-state index in [1.807, 2.05) is 49.4 Å². The minimum atomic E-state index is 0.225. The first-order chi connectivity index (χ1) is 14.1. The largest absolute Gasteiger partial charge is 0.497 e. The monoisotopic (exact) mass is 408 g/mol. The zero-order valence-corrected chi connectivity index (χ0v) is 17.7. The van der Waals surface area contributed by atoms with Crippen LogP contribution in [-0.2, 0) is 0 Å².